The van der Waals surface area contributed by atoms with Crippen molar-refractivity contribution in [3.05, 3.63) is 36.4 Å². The maximum Gasteiger partial charge on any atom is 0.265 e. The molecule has 0 radical (unpaired) electrons. The summed E-state index contributed by atoms with van der Waals surface area (Å²) in [5.41, 5.74) is -0.709. The molecule has 21 heavy (non-hydrogen) atoms. The van der Waals surface area contributed by atoms with Crippen molar-refractivity contribution in [2.45, 2.75) is 12.6 Å². The van der Waals surface area contributed by atoms with E-state index < -0.39 is 11.6 Å². The van der Waals surface area contributed by atoms with E-state index in [9.17, 15) is 14.0 Å². The second-order valence-corrected chi connectivity index (χ2v) is 5.02. The number of hydrogen-bond donors (Lipinski definition) is 1. The summed E-state index contributed by atoms with van der Waals surface area (Å²) < 4.78 is 19.5. The molecule has 5 nitrogen and oxygen atoms in total. The molecule has 6 heteroatoms. The molecule has 0 atom stereocenters. The number of hydrogen-bond acceptors (Lipinski definition) is 3. The lowest BCUT2D eigenvalue weighted by Gasteiger charge is -2.42. The predicted octanol–water partition coefficient (Wildman–Crippen LogP) is 1.68. The van der Waals surface area contributed by atoms with Crippen LogP contribution in [0.3, 0.4) is 0 Å². The molecule has 1 N–H and O–H groups in total. The average Bonchev–Trinajstić information content (AvgIpc) is 2.44. The first kappa shape index (κ1) is 15.0. The zero-order valence-corrected chi connectivity index (χ0v) is 12.0. The minimum Gasteiger partial charge on any atom is -0.495 e. The van der Waals surface area contributed by atoms with E-state index in [1.807, 2.05) is 6.92 Å². The fourth-order valence-electron chi connectivity index (χ4n) is 2.12. The molecule has 0 unspecified atom stereocenters. The lowest BCUT2D eigenvalue weighted by molar-refractivity contribution is -0.150. The van der Waals surface area contributed by atoms with Crippen molar-refractivity contribution in [2.75, 3.05) is 25.5 Å². The maximum absolute atomic E-state index is 14.4. The molecule has 1 fully saturated rings. The molecule has 1 saturated heterocycles. The molecule has 0 aliphatic carbocycles. The van der Waals surface area contributed by atoms with Gasteiger partial charge in [0.05, 0.1) is 25.9 Å². The Kier molecular flexibility index (Phi) is 3.97. The van der Waals surface area contributed by atoms with Gasteiger partial charge in [0.2, 0.25) is 11.6 Å². The van der Waals surface area contributed by atoms with Gasteiger partial charge in [-0.1, -0.05) is 12.6 Å². The van der Waals surface area contributed by atoms with Gasteiger partial charge >= 0.3 is 0 Å². The van der Waals surface area contributed by atoms with Gasteiger partial charge in [0.1, 0.15) is 5.75 Å². The molecular formula is C15H17FN2O3. The topological polar surface area (TPSA) is 58.6 Å². The highest BCUT2D eigenvalue weighted by Crippen LogP contribution is 2.30. The van der Waals surface area contributed by atoms with Crippen LogP contribution in [0.25, 0.3) is 0 Å². The van der Waals surface area contributed by atoms with Crippen LogP contribution >= 0.6 is 0 Å². The summed E-state index contributed by atoms with van der Waals surface area (Å²) in [6, 6.07) is 5.19. The second kappa shape index (κ2) is 5.55. The highest BCUT2D eigenvalue weighted by Gasteiger charge is 2.51. The van der Waals surface area contributed by atoms with Crippen LogP contribution in [0.15, 0.2) is 30.9 Å². The van der Waals surface area contributed by atoms with Crippen LogP contribution in [-0.4, -0.2) is 42.6 Å². The summed E-state index contributed by atoms with van der Waals surface area (Å²) in [5, 5.41) is 2.51. The summed E-state index contributed by atoms with van der Waals surface area (Å²) in [6.45, 7) is 4.68. The molecule has 112 valence electrons. The average molecular weight is 292 g/mol. The molecule has 2 rings (SSSR count). The number of methoxy groups -OCH3 is 1. The Morgan fingerprint density at radius 2 is 2.14 bits per heavy atom. The van der Waals surface area contributed by atoms with E-state index >= 15 is 0 Å². The Hall–Kier alpha value is -2.37. The van der Waals surface area contributed by atoms with E-state index in [2.05, 4.69) is 11.9 Å². The monoisotopic (exact) mass is 292 g/mol. The number of carbonyl (C=O) groups excluding carboxylic acids is 2. The number of halogens is 1. The normalized spacial score (nSPS) is 15.9. The summed E-state index contributed by atoms with van der Waals surface area (Å²) in [5.74, 6) is -0.702. The van der Waals surface area contributed by atoms with E-state index in [-0.39, 0.29) is 19.0 Å². The largest absolute Gasteiger partial charge is 0.495 e. The molecular weight excluding hydrogens is 275 g/mol. The number of alkyl halides is 1. The number of benzene rings is 1. The number of anilines is 1. The van der Waals surface area contributed by atoms with Gasteiger partial charge in [0.25, 0.3) is 5.91 Å². The summed E-state index contributed by atoms with van der Waals surface area (Å²) in [6.07, 6.45) is 1.10. The number of aryl methyl sites for hydroxylation is 1. The quantitative estimate of drug-likeness (QED) is 0.859. The van der Waals surface area contributed by atoms with Crippen LogP contribution in [0, 0.1) is 6.92 Å². The molecule has 1 aliphatic rings. The lowest BCUT2D eigenvalue weighted by atomic mass is 9.95. The highest BCUT2D eigenvalue weighted by atomic mass is 19.1. The Labute approximate surface area is 122 Å². The van der Waals surface area contributed by atoms with Gasteiger partial charge in [-0.05, 0) is 30.7 Å². The van der Waals surface area contributed by atoms with Gasteiger partial charge in [-0.15, -0.1) is 0 Å². The molecule has 1 aromatic rings. The van der Waals surface area contributed by atoms with Crippen molar-refractivity contribution in [1.29, 1.82) is 0 Å². The smallest absolute Gasteiger partial charge is 0.265 e. The maximum atomic E-state index is 14.4. The molecule has 1 aromatic carbocycles. The molecule has 0 bridgehead atoms. The van der Waals surface area contributed by atoms with Crippen molar-refractivity contribution in [3.63, 3.8) is 0 Å². The van der Waals surface area contributed by atoms with E-state index in [4.69, 9.17) is 4.74 Å². The first-order valence-electron chi connectivity index (χ1n) is 6.46. The number of rotatable bonds is 4. The van der Waals surface area contributed by atoms with Crippen LogP contribution in [0.4, 0.5) is 10.1 Å². The highest BCUT2D eigenvalue weighted by molar-refractivity contribution is 6.01. The van der Waals surface area contributed by atoms with E-state index in [1.54, 1.807) is 18.2 Å². The van der Waals surface area contributed by atoms with Crippen molar-refractivity contribution in [3.8, 4) is 5.75 Å². The molecule has 1 heterocycles. The first-order valence-corrected chi connectivity index (χ1v) is 6.46. The van der Waals surface area contributed by atoms with E-state index in [0.717, 1.165) is 11.6 Å². The standard InChI is InChI=1S/C15H17FN2O3/c1-4-13(19)18-8-15(16,9-18)14(20)17-11-6-5-10(2)7-12(11)21-3/h4-7H,1,8-9H2,2-3H3,(H,17,20). The van der Waals surface area contributed by atoms with Crippen LogP contribution in [0.5, 0.6) is 5.75 Å². The number of nitrogens with zero attached hydrogens (tertiary/aromatic N) is 1. The number of amides is 2. The number of ether oxygens (including phenoxy) is 1. The minimum absolute atomic E-state index is 0.266. The van der Waals surface area contributed by atoms with Gasteiger partial charge in [0, 0.05) is 0 Å². The molecule has 0 spiro atoms. The second-order valence-electron chi connectivity index (χ2n) is 5.02. The van der Waals surface area contributed by atoms with Crippen LogP contribution in [0.1, 0.15) is 5.56 Å². The van der Waals surface area contributed by atoms with Crippen molar-refractivity contribution in [2.24, 2.45) is 0 Å². The van der Waals surface area contributed by atoms with E-state index in [0.29, 0.717) is 11.4 Å². The summed E-state index contributed by atoms with van der Waals surface area (Å²) in [7, 11) is 1.48. The molecule has 2 amide bonds. The van der Waals surface area contributed by atoms with Gasteiger partial charge in [-0.25, -0.2) is 4.39 Å². The third-order valence-corrected chi connectivity index (χ3v) is 3.38. The number of nitrogens with one attached hydrogen (secondary N) is 1. The van der Waals surface area contributed by atoms with Gasteiger partial charge < -0.3 is 15.0 Å². The minimum atomic E-state index is -2.07. The Bertz CT molecular complexity index is 595. The fraction of sp³-hybridized carbons (Fsp3) is 0.333. The van der Waals surface area contributed by atoms with E-state index in [1.165, 1.54) is 12.0 Å². The predicted molar refractivity (Wildman–Crippen MR) is 77.0 cm³/mol. The van der Waals surface area contributed by atoms with Crippen molar-refractivity contribution in [1.82, 2.24) is 4.90 Å². The number of carbonyl (C=O) groups is 2. The Morgan fingerprint density at radius 3 is 2.71 bits per heavy atom. The van der Waals surface area contributed by atoms with Gasteiger partial charge in [-0.3, -0.25) is 9.59 Å². The first-order chi connectivity index (χ1) is 9.89. The third kappa shape index (κ3) is 2.89. The summed E-state index contributed by atoms with van der Waals surface area (Å²) >= 11 is 0. The zero-order chi connectivity index (χ0) is 15.6. The number of likely N-dealkylation sites (tertiary alicyclic amines) is 1. The summed E-state index contributed by atoms with van der Waals surface area (Å²) in [4.78, 5) is 24.5. The lowest BCUT2D eigenvalue weighted by Crippen LogP contribution is -2.65. The van der Waals surface area contributed by atoms with Crippen LogP contribution in [0.2, 0.25) is 0 Å². The fourth-order valence-corrected chi connectivity index (χ4v) is 2.12. The van der Waals surface area contributed by atoms with Crippen molar-refractivity contribution >= 4 is 17.5 Å². The Balaban J connectivity index is 2.06. The molecule has 0 saturated carbocycles. The zero-order valence-electron chi connectivity index (χ0n) is 12.0. The Morgan fingerprint density at radius 1 is 1.48 bits per heavy atom. The van der Waals surface area contributed by atoms with Crippen molar-refractivity contribution < 1.29 is 18.7 Å². The van der Waals surface area contributed by atoms with Gasteiger partial charge in [0.15, 0.2) is 0 Å². The van der Waals surface area contributed by atoms with Crippen LogP contribution < -0.4 is 10.1 Å². The molecule has 0 aromatic heterocycles. The SMILES string of the molecule is C=CC(=O)N1CC(F)(C(=O)Nc2ccc(C)cc2OC)C1. The molecule has 1 aliphatic heterocycles. The third-order valence-electron chi connectivity index (χ3n) is 3.38. The van der Waals surface area contributed by atoms with Gasteiger partial charge in [-0.2, -0.15) is 0 Å². The van der Waals surface area contributed by atoms with Crippen LogP contribution in [-0.2, 0) is 9.59 Å².